The summed E-state index contributed by atoms with van der Waals surface area (Å²) in [5, 5.41) is 41.7. The van der Waals surface area contributed by atoms with Crippen LogP contribution in [0.15, 0.2) is 47.2 Å². The topological polar surface area (TPSA) is 125 Å². The first-order valence-electron chi connectivity index (χ1n) is 8.94. The first kappa shape index (κ1) is 18.5. The Balaban J connectivity index is 2.31. The molecule has 3 rings (SSSR count). The summed E-state index contributed by atoms with van der Waals surface area (Å²) < 4.78 is 0. The van der Waals surface area contributed by atoms with Gasteiger partial charge in [-0.2, -0.15) is 15.8 Å². The minimum Gasteiger partial charge on any atom is -0.872 e. The third kappa shape index (κ3) is 2.74. The number of fused-ring (bicyclic) bond motifs is 1. The molecule has 27 heavy (non-hydrogen) atoms. The SMILES string of the molecule is CC(C)[NH+]1CC=C2C(C#N)=C(N)C(C#N)(C#N)C(c3cccc([O-])c3)C2C1. The van der Waals surface area contributed by atoms with Gasteiger partial charge in [-0.3, -0.25) is 0 Å². The number of hydrogen-bond donors (Lipinski definition) is 2. The number of hydrogen-bond acceptors (Lipinski definition) is 5. The molecule has 136 valence electrons. The van der Waals surface area contributed by atoms with Gasteiger partial charge in [0, 0.05) is 11.8 Å². The summed E-state index contributed by atoms with van der Waals surface area (Å²) in [6, 6.07) is 13.0. The molecule has 0 saturated heterocycles. The van der Waals surface area contributed by atoms with E-state index in [4.69, 9.17) is 5.73 Å². The van der Waals surface area contributed by atoms with Crippen LogP contribution in [0.1, 0.15) is 25.3 Å². The normalized spacial score (nSPS) is 26.4. The minimum absolute atomic E-state index is 0.00759. The largest absolute Gasteiger partial charge is 0.872 e. The number of benzene rings is 1. The van der Waals surface area contributed by atoms with Gasteiger partial charge in [-0.15, -0.1) is 5.75 Å². The number of quaternary nitrogens is 1. The Bertz CT molecular complexity index is 940. The first-order valence-corrected chi connectivity index (χ1v) is 8.94. The highest BCUT2D eigenvalue weighted by molar-refractivity contribution is 5.59. The average molecular weight is 359 g/mol. The van der Waals surface area contributed by atoms with Gasteiger partial charge in [-0.1, -0.05) is 24.3 Å². The summed E-state index contributed by atoms with van der Waals surface area (Å²) in [6.07, 6.45) is 2.00. The summed E-state index contributed by atoms with van der Waals surface area (Å²) in [5.41, 5.74) is 6.20. The molecular weight excluding hydrogens is 338 g/mol. The molecule has 1 aromatic carbocycles. The lowest BCUT2D eigenvalue weighted by molar-refractivity contribution is -0.920. The van der Waals surface area contributed by atoms with E-state index in [1.54, 1.807) is 12.1 Å². The third-order valence-corrected chi connectivity index (χ3v) is 5.82. The van der Waals surface area contributed by atoms with Crippen LogP contribution in [0, 0.1) is 45.3 Å². The van der Waals surface area contributed by atoms with Crippen molar-refractivity contribution in [2.45, 2.75) is 25.8 Å². The smallest absolute Gasteiger partial charge is 0.191 e. The Morgan fingerprint density at radius 2 is 1.96 bits per heavy atom. The van der Waals surface area contributed by atoms with Crippen LogP contribution in [0.25, 0.3) is 0 Å². The van der Waals surface area contributed by atoms with Crippen molar-refractivity contribution in [1.29, 1.82) is 15.8 Å². The molecule has 3 N–H and O–H groups in total. The first-order chi connectivity index (χ1) is 12.9. The lowest BCUT2D eigenvalue weighted by atomic mass is 9.58. The minimum atomic E-state index is -1.68. The number of allylic oxidation sites excluding steroid dienone is 2. The number of rotatable bonds is 2. The van der Waals surface area contributed by atoms with Crippen molar-refractivity contribution in [3.8, 4) is 24.0 Å². The Morgan fingerprint density at radius 3 is 2.52 bits per heavy atom. The molecule has 0 radical (unpaired) electrons. The van der Waals surface area contributed by atoms with Crippen molar-refractivity contribution in [3.05, 3.63) is 52.7 Å². The monoisotopic (exact) mass is 359 g/mol. The van der Waals surface area contributed by atoms with Crippen LogP contribution in [0.3, 0.4) is 0 Å². The molecule has 0 saturated carbocycles. The van der Waals surface area contributed by atoms with E-state index in [0.29, 0.717) is 18.2 Å². The molecular formula is C21H21N5O. The van der Waals surface area contributed by atoms with Crippen LogP contribution in [0.5, 0.6) is 5.75 Å². The molecule has 6 heteroatoms. The molecule has 1 heterocycles. The number of nitriles is 3. The van der Waals surface area contributed by atoms with E-state index in [-0.39, 0.29) is 22.9 Å². The highest BCUT2D eigenvalue weighted by Gasteiger charge is 2.55. The predicted molar refractivity (Wildman–Crippen MR) is 96.5 cm³/mol. The van der Waals surface area contributed by atoms with Crippen molar-refractivity contribution in [2.24, 2.45) is 17.1 Å². The van der Waals surface area contributed by atoms with Crippen molar-refractivity contribution in [1.82, 2.24) is 0 Å². The highest BCUT2D eigenvalue weighted by atomic mass is 16.3. The van der Waals surface area contributed by atoms with Gasteiger partial charge < -0.3 is 15.7 Å². The van der Waals surface area contributed by atoms with Crippen LogP contribution in [-0.4, -0.2) is 19.1 Å². The molecule has 0 bridgehead atoms. The fourth-order valence-electron chi connectivity index (χ4n) is 4.35. The van der Waals surface area contributed by atoms with Crippen LogP contribution < -0.4 is 15.7 Å². The van der Waals surface area contributed by atoms with Gasteiger partial charge in [0.15, 0.2) is 5.41 Å². The zero-order chi connectivity index (χ0) is 19.8. The zero-order valence-corrected chi connectivity index (χ0v) is 15.4. The van der Waals surface area contributed by atoms with Crippen LogP contribution in [0.2, 0.25) is 0 Å². The second-order valence-corrected chi connectivity index (χ2v) is 7.47. The summed E-state index contributed by atoms with van der Waals surface area (Å²) >= 11 is 0. The molecule has 1 aliphatic heterocycles. The molecule has 1 aliphatic carbocycles. The summed E-state index contributed by atoms with van der Waals surface area (Å²) in [6.45, 7) is 5.65. The van der Waals surface area contributed by atoms with E-state index < -0.39 is 11.3 Å². The van der Waals surface area contributed by atoms with Gasteiger partial charge >= 0.3 is 0 Å². The van der Waals surface area contributed by atoms with Gasteiger partial charge in [0.05, 0.1) is 42.5 Å². The van der Waals surface area contributed by atoms with E-state index in [9.17, 15) is 20.9 Å². The second-order valence-electron chi connectivity index (χ2n) is 7.47. The standard InChI is InChI=1S/C21H21N5O/c1-13(2)26-7-6-16-17(9-22)20(25)21(11-23,12-24)19(18(16)10-26)14-4-3-5-15(27)8-14/h3-6,8,13,18-19,27H,7,10,25H2,1-2H3. The van der Waals surface area contributed by atoms with E-state index >= 15 is 0 Å². The van der Waals surface area contributed by atoms with Crippen LogP contribution in [-0.2, 0) is 0 Å². The maximum Gasteiger partial charge on any atom is 0.191 e. The van der Waals surface area contributed by atoms with Crippen LogP contribution >= 0.6 is 0 Å². The Kier molecular flexibility index (Phi) is 4.66. The summed E-state index contributed by atoms with van der Waals surface area (Å²) in [4.78, 5) is 1.30. The summed E-state index contributed by atoms with van der Waals surface area (Å²) in [5.74, 6) is -1.02. The maximum absolute atomic E-state index is 12.0. The van der Waals surface area contributed by atoms with Crippen molar-refractivity contribution < 1.29 is 10.0 Å². The molecule has 2 aliphatic rings. The van der Waals surface area contributed by atoms with Gasteiger partial charge in [-0.05, 0) is 31.1 Å². The van der Waals surface area contributed by atoms with Gasteiger partial charge in [-0.25, -0.2) is 0 Å². The zero-order valence-electron chi connectivity index (χ0n) is 15.4. The van der Waals surface area contributed by atoms with Crippen molar-refractivity contribution in [3.63, 3.8) is 0 Å². The Hall–Kier alpha value is -3.27. The molecule has 1 aromatic rings. The lowest BCUT2D eigenvalue weighted by Gasteiger charge is -2.45. The quantitative estimate of drug-likeness (QED) is 0.794. The molecule has 6 nitrogen and oxygen atoms in total. The molecule has 0 amide bonds. The van der Waals surface area contributed by atoms with E-state index in [1.165, 1.54) is 17.0 Å². The number of nitrogens with one attached hydrogen (secondary N) is 1. The van der Waals surface area contributed by atoms with E-state index in [2.05, 4.69) is 32.1 Å². The molecule has 0 spiro atoms. The fourth-order valence-corrected chi connectivity index (χ4v) is 4.35. The molecule has 3 unspecified atom stereocenters. The molecule has 0 fully saturated rings. The summed E-state index contributed by atoms with van der Waals surface area (Å²) in [7, 11) is 0. The molecule has 0 aromatic heterocycles. The molecule has 3 atom stereocenters. The Morgan fingerprint density at radius 1 is 1.26 bits per heavy atom. The van der Waals surface area contributed by atoms with Gasteiger partial charge in [0.1, 0.15) is 6.07 Å². The maximum atomic E-state index is 12.0. The number of nitrogens with zero attached hydrogens (tertiary/aromatic N) is 3. The van der Waals surface area contributed by atoms with E-state index in [0.717, 1.165) is 12.1 Å². The van der Waals surface area contributed by atoms with E-state index in [1.807, 2.05) is 6.08 Å². The van der Waals surface area contributed by atoms with Gasteiger partial charge in [0.25, 0.3) is 0 Å². The Labute approximate surface area is 159 Å². The van der Waals surface area contributed by atoms with Crippen molar-refractivity contribution in [2.75, 3.05) is 13.1 Å². The fraction of sp³-hybridized carbons (Fsp3) is 0.381. The van der Waals surface area contributed by atoms with Crippen LogP contribution in [0.4, 0.5) is 0 Å². The third-order valence-electron chi connectivity index (χ3n) is 5.82. The predicted octanol–water partition coefficient (Wildman–Crippen LogP) is 0.477. The number of nitrogens with two attached hydrogens (primary N) is 1. The van der Waals surface area contributed by atoms with Crippen molar-refractivity contribution >= 4 is 0 Å². The average Bonchev–Trinajstić information content (AvgIpc) is 2.66. The second kappa shape index (κ2) is 6.80. The lowest BCUT2D eigenvalue weighted by Crippen LogP contribution is -3.16. The highest BCUT2D eigenvalue weighted by Crippen LogP contribution is 2.53. The van der Waals surface area contributed by atoms with Gasteiger partial charge in [0.2, 0.25) is 0 Å².